The van der Waals surface area contributed by atoms with Crippen molar-refractivity contribution in [2.75, 3.05) is 0 Å². The van der Waals surface area contributed by atoms with E-state index in [1.54, 1.807) is 6.08 Å². The van der Waals surface area contributed by atoms with Gasteiger partial charge in [0, 0.05) is 0 Å². The lowest BCUT2D eigenvalue weighted by Crippen LogP contribution is -2.00. The lowest BCUT2D eigenvalue weighted by Gasteiger charge is -2.09. The number of carboxylic acid groups (broad SMARTS) is 1. The maximum Gasteiger partial charge on any atom is 0.339 e. The third kappa shape index (κ3) is 2.98. The van der Waals surface area contributed by atoms with Crippen LogP contribution in [0, 0.1) is 0 Å². The highest BCUT2D eigenvalue weighted by atomic mass is 16.5. The second-order valence-corrected chi connectivity index (χ2v) is 4.19. The molecule has 0 amide bonds. The Morgan fingerprint density at radius 1 is 1.20 bits per heavy atom. The van der Waals surface area contributed by atoms with Gasteiger partial charge in [0.2, 0.25) is 0 Å². The van der Waals surface area contributed by atoms with E-state index in [1.807, 2.05) is 24.3 Å². The molecule has 2 aromatic rings. The van der Waals surface area contributed by atoms with Crippen molar-refractivity contribution in [1.29, 1.82) is 0 Å². The quantitative estimate of drug-likeness (QED) is 0.874. The smallest absolute Gasteiger partial charge is 0.339 e. The second kappa shape index (κ2) is 5.93. The molecule has 0 aliphatic heterocycles. The van der Waals surface area contributed by atoms with E-state index in [0.29, 0.717) is 0 Å². The van der Waals surface area contributed by atoms with Crippen LogP contribution in [0.15, 0.2) is 49.0 Å². The summed E-state index contributed by atoms with van der Waals surface area (Å²) in [5.74, 6) is -1.40. The fourth-order valence-electron chi connectivity index (χ4n) is 1.72. The zero-order valence-electron chi connectivity index (χ0n) is 10.7. The predicted molar refractivity (Wildman–Crippen MR) is 75.9 cm³/mol. The van der Waals surface area contributed by atoms with Crippen molar-refractivity contribution in [3.05, 3.63) is 65.7 Å². The number of hydrogen-bond donors (Lipinski definition) is 2. The van der Waals surface area contributed by atoms with Crippen LogP contribution >= 0.6 is 0 Å². The molecule has 4 heteroatoms. The predicted octanol–water partition coefficient (Wildman–Crippen LogP) is 3.31. The van der Waals surface area contributed by atoms with Crippen LogP contribution in [0.2, 0.25) is 0 Å². The number of aromatic carboxylic acids is 1. The molecule has 0 atom stereocenters. The second-order valence-electron chi connectivity index (χ2n) is 4.19. The van der Waals surface area contributed by atoms with Crippen molar-refractivity contribution in [2.45, 2.75) is 6.61 Å². The summed E-state index contributed by atoms with van der Waals surface area (Å²) < 4.78 is 5.45. The number of phenols is 1. The zero-order valence-corrected chi connectivity index (χ0v) is 10.7. The van der Waals surface area contributed by atoms with Gasteiger partial charge in [-0.05, 0) is 23.3 Å². The maximum absolute atomic E-state index is 10.9. The van der Waals surface area contributed by atoms with Crippen molar-refractivity contribution in [1.82, 2.24) is 0 Å². The van der Waals surface area contributed by atoms with Crippen LogP contribution in [-0.4, -0.2) is 16.2 Å². The van der Waals surface area contributed by atoms with Gasteiger partial charge in [0.15, 0.2) is 11.5 Å². The van der Waals surface area contributed by atoms with Crippen LogP contribution in [0.25, 0.3) is 6.08 Å². The molecule has 0 aromatic heterocycles. The van der Waals surface area contributed by atoms with Gasteiger partial charge < -0.3 is 14.9 Å². The Morgan fingerprint density at radius 2 is 1.90 bits per heavy atom. The van der Waals surface area contributed by atoms with Gasteiger partial charge in [-0.15, -0.1) is 0 Å². The van der Waals surface area contributed by atoms with Crippen LogP contribution < -0.4 is 4.74 Å². The molecule has 0 saturated heterocycles. The minimum Gasteiger partial charge on any atom is -0.504 e. The zero-order chi connectivity index (χ0) is 14.5. The molecule has 2 N–H and O–H groups in total. The molecular weight excluding hydrogens is 256 g/mol. The fourth-order valence-corrected chi connectivity index (χ4v) is 1.72. The van der Waals surface area contributed by atoms with E-state index < -0.39 is 5.97 Å². The summed E-state index contributed by atoms with van der Waals surface area (Å²) >= 11 is 0. The molecule has 2 rings (SSSR count). The summed E-state index contributed by atoms with van der Waals surface area (Å²) in [6.07, 6.45) is 1.74. The monoisotopic (exact) mass is 270 g/mol. The molecule has 0 aliphatic rings. The van der Waals surface area contributed by atoms with E-state index in [4.69, 9.17) is 9.84 Å². The molecule has 2 aromatic carbocycles. The molecule has 20 heavy (non-hydrogen) atoms. The first kappa shape index (κ1) is 13.7. The summed E-state index contributed by atoms with van der Waals surface area (Å²) in [6, 6.07) is 11.9. The van der Waals surface area contributed by atoms with Gasteiger partial charge in [0.1, 0.15) is 12.2 Å². The number of carbonyl (C=O) groups is 1. The fraction of sp³-hybridized carbons (Fsp3) is 0.0625. The van der Waals surface area contributed by atoms with Crippen LogP contribution in [0.3, 0.4) is 0 Å². The Bertz CT molecular complexity index is 629. The largest absolute Gasteiger partial charge is 0.504 e. The van der Waals surface area contributed by atoms with E-state index >= 15 is 0 Å². The Kier molecular flexibility index (Phi) is 4.05. The highest BCUT2D eigenvalue weighted by molar-refractivity contribution is 5.91. The molecule has 0 fully saturated rings. The van der Waals surface area contributed by atoms with Gasteiger partial charge in [-0.1, -0.05) is 43.0 Å². The normalized spacial score (nSPS) is 10.0. The van der Waals surface area contributed by atoms with Gasteiger partial charge in [0.05, 0.1) is 0 Å². The molecule has 0 unspecified atom stereocenters. The Balaban J connectivity index is 2.12. The molecule has 0 aliphatic carbocycles. The summed E-state index contributed by atoms with van der Waals surface area (Å²) in [5.41, 5.74) is 1.74. The Labute approximate surface area is 116 Å². The lowest BCUT2D eigenvalue weighted by molar-refractivity contribution is 0.0692. The number of ether oxygens (including phenoxy) is 1. The number of hydrogen-bond acceptors (Lipinski definition) is 3. The van der Waals surface area contributed by atoms with Gasteiger partial charge in [-0.3, -0.25) is 0 Å². The van der Waals surface area contributed by atoms with Gasteiger partial charge in [-0.2, -0.15) is 0 Å². The minimum atomic E-state index is -1.19. The number of rotatable bonds is 5. The van der Waals surface area contributed by atoms with E-state index in [0.717, 1.165) is 11.1 Å². The van der Waals surface area contributed by atoms with Crippen molar-refractivity contribution in [2.24, 2.45) is 0 Å². The standard InChI is InChI=1S/C16H14O4/c1-2-11-6-8-12(9-7-11)10-20-14-5-3-4-13(15(14)17)16(18)19/h2-9,17H,1,10H2,(H,18,19). The highest BCUT2D eigenvalue weighted by Gasteiger charge is 2.13. The summed E-state index contributed by atoms with van der Waals surface area (Å²) in [6.45, 7) is 3.92. The Hall–Kier alpha value is -2.75. The third-order valence-corrected chi connectivity index (χ3v) is 2.84. The van der Waals surface area contributed by atoms with Crippen LogP contribution in [0.4, 0.5) is 0 Å². The first-order chi connectivity index (χ1) is 9.61. The van der Waals surface area contributed by atoms with Gasteiger partial charge >= 0.3 is 5.97 Å². The molecule has 102 valence electrons. The van der Waals surface area contributed by atoms with E-state index in [-0.39, 0.29) is 23.7 Å². The first-order valence-electron chi connectivity index (χ1n) is 6.01. The van der Waals surface area contributed by atoms with Crippen LogP contribution in [0.1, 0.15) is 21.5 Å². The van der Waals surface area contributed by atoms with Gasteiger partial charge in [0.25, 0.3) is 0 Å². The van der Waals surface area contributed by atoms with E-state index in [9.17, 15) is 9.90 Å². The minimum absolute atomic E-state index is 0.151. The van der Waals surface area contributed by atoms with Crippen molar-refractivity contribution >= 4 is 12.0 Å². The average Bonchev–Trinajstić information content (AvgIpc) is 2.46. The number of benzene rings is 2. The van der Waals surface area contributed by atoms with Crippen molar-refractivity contribution < 1.29 is 19.7 Å². The highest BCUT2D eigenvalue weighted by Crippen LogP contribution is 2.30. The lowest BCUT2D eigenvalue weighted by atomic mass is 10.1. The molecule has 4 nitrogen and oxygen atoms in total. The molecule has 0 bridgehead atoms. The number of para-hydroxylation sites is 1. The summed E-state index contributed by atoms with van der Waals surface area (Å²) in [4.78, 5) is 10.9. The van der Waals surface area contributed by atoms with E-state index in [2.05, 4.69) is 6.58 Å². The van der Waals surface area contributed by atoms with Crippen LogP contribution in [-0.2, 0) is 6.61 Å². The SMILES string of the molecule is C=Cc1ccc(COc2cccc(C(=O)O)c2O)cc1. The molecule has 0 heterocycles. The number of carboxylic acids is 1. The third-order valence-electron chi connectivity index (χ3n) is 2.84. The van der Waals surface area contributed by atoms with Crippen molar-refractivity contribution in [3.63, 3.8) is 0 Å². The van der Waals surface area contributed by atoms with Crippen molar-refractivity contribution in [3.8, 4) is 11.5 Å². The summed E-state index contributed by atoms with van der Waals surface area (Å²) in [5, 5.41) is 18.7. The average molecular weight is 270 g/mol. The van der Waals surface area contributed by atoms with Gasteiger partial charge in [-0.25, -0.2) is 4.79 Å². The number of aromatic hydroxyl groups is 1. The first-order valence-corrected chi connectivity index (χ1v) is 6.01. The molecule has 0 saturated carbocycles. The van der Waals surface area contributed by atoms with E-state index in [1.165, 1.54) is 18.2 Å². The topological polar surface area (TPSA) is 66.8 Å². The molecular formula is C16H14O4. The molecule has 0 spiro atoms. The Morgan fingerprint density at radius 3 is 2.50 bits per heavy atom. The summed E-state index contributed by atoms with van der Waals surface area (Å²) in [7, 11) is 0. The maximum atomic E-state index is 10.9. The molecule has 0 radical (unpaired) electrons. The van der Waals surface area contributed by atoms with Crippen LogP contribution in [0.5, 0.6) is 11.5 Å².